The number of benzene rings is 2. The van der Waals surface area contributed by atoms with Gasteiger partial charge in [0.25, 0.3) is 5.91 Å². The Kier molecular flexibility index (Phi) is 5.77. The van der Waals surface area contributed by atoms with Crippen molar-refractivity contribution in [3.63, 3.8) is 0 Å². The minimum atomic E-state index is -4.97. The molecule has 3 aromatic rings. The molecule has 0 radical (unpaired) electrons. The van der Waals surface area contributed by atoms with Crippen molar-refractivity contribution in [2.75, 3.05) is 13.2 Å². The molecule has 33 heavy (non-hydrogen) atoms. The summed E-state index contributed by atoms with van der Waals surface area (Å²) in [5, 5.41) is 0. The van der Waals surface area contributed by atoms with E-state index in [0.29, 0.717) is 23.3 Å². The van der Waals surface area contributed by atoms with Crippen LogP contribution in [0.3, 0.4) is 0 Å². The molecule has 2 aromatic carbocycles. The third-order valence-electron chi connectivity index (χ3n) is 5.12. The Labute approximate surface area is 184 Å². The smallest absolute Gasteiger partial charge is 0.416 e. The Hall–Kier alpha value is -3.56. The molecule has 0 saturated carbocycles. The maximum atomic E-state index is 13.4. The number of ether oxygens (including phenoxy) is 1. The van der Waals surface area contributed by atoms with E-state index in [1.54, 1.807) is 36.4 Å². The fourth-order valence-corrected chi connectivity index (χ4v) is 3.61. The molecular weight excluding hydrogens is 450 g/mol. The third kappa shape index (κ3) is 4.79. The average molecular weight is 466 g/mol. The van der Waals surface area contributed by atoms with E-state index in [4.69, 9.17) is 4.74 Å². The van der Waals surface area contributed by atoms with Gasteiger partial charge in [0, 0.05) is 18.3 Å². The lowest BCUT2D eigenvalue weighted by atomic mass is 10.00. The van der Waals surface area contributed by atoms with Crippen molar-refractivity contribution in [3.05, 3.63) is 83.0 Å². The summed E-state index contributed by atoms with van der Waals surface area (Å²) in [5.74, 6) is -0.538. The Bertz CT molecular complexity index is 1140. The maximum absolute atomic E-state index is 13.4. The summed E-state index contributed by atoms with van der Waals surface area (Å²) < 4.78 is 84.9. The van der Waals surface area contributed by atoms with Crippen LogP contribution in [0.4, 0.5) is 26.3 Å². The second-order valence-electron chi connectivity index (χ2n) is 7.39. The van der Waals surface area contributed by atoms with Crippen molar-refractivity contribution < 1.29 is 35.9 Å². The van der Waals surface area contributed by atoms with Gasteiger partial charge in [-0.05, 0) is 35.4 Å². The number of nitrogens with zero attached hydrogens (tertiary/aromatic N) is 2. The molecule has 0 unspecified atom stereocenters. The van der Waals surface area contributed by atoms with Gasteiger partial charge in [0.15, 0.2) is 0 Å². The molecule has 0 N–H and O–H groups in total. The van der Waals surface area contributed by atoms with Gasteiger partial charge in [0.05, 0.1) is 17.7 Å². The van der Waals surface area contributed by atoms with Gasteiger partial charge in [-0.1, -0.05) is 30.3 Å². The van der Waals surface area contributed by atoms with Crippen molar-refractivity contribution in [1.29, 1.82) is 0 Å². The lowest BCUT2D eigenvalue weighted by Crippen LogP contribution is -2.32. The number of aromatic nitrogens is 1. The number of carbonyl (C=O) groups is 1. The largest absolute Gasteiger partial charge is 0.475 e. The van der Waals surface area contributed by atoms with E-state index in [-0.39, 0.29) is 36.2 Å². The van der Waals surface area contributed by atoms with Crippen LogP contribution < -0.4 is 4.74 Å². The first-order valence-corrected chi connectivity index (χ1v) is 9.79. The summed E-state index contributed by atoms with van der Waals surface area (Å²) in [5.41, 5.74) is -1.87. The molecular formula is C23H16F6N2O2. The molecule has 1 aromatic heterocycles. The highest BCUT2D eigenvalue weighted by Crippen LogP contribution is 2.37. The normalized spacial score (nSPS) is 14.5. The van der Waals surface area contributed by atoms with E-state index >= 15 is 0 Å². The van der Waals surface area contributed by atoms with E-state index in [9.17, 15) is 31.1 Å². The van der Waals surface area contributed by atoms with Crippen LogP contribution in [0.2, 0.25) is 0 Å². The van der Waals surface area contributed by atoms with E-state index in [1.807, 2.05) is 0 Å². The quantitative estimate of drug-likeness (QED) is 0.457. The van der Waals surface area contributed by atoms with Gasteiger partial charge >= 0.3 is 12.4 Å². The van der Waals surface area contributed by atoms with Crippen LogP contribution in [0.1, 0.15) is 27.0 Å². The van der Waals surface area contributed by atoms with Crippen molar-refractivity contribution >= 4 is 5.91 Å². The fourth-order valence-electron chi connectivity index (χ4n) is 3.61. The second kappa shape index (κ2) is 8.42. The molecule has 1 aliphatic heterocycles. The Morgan fingerprint density at radius 2 is 1.55 bits per heavy atom. The number of hydrogen-bond acceptors (Lipinski definition) is 3. The number of pyridine rings is 1. The van der Waals surface area contributed by atoms with Crippen LogP contribution in [-0.4, -0.2) is 28.9 Å². The SMILES string of the molecule is O=C1c2c(-c3ccccc3)ccnc2OCCN1Cc1cc(C(F)(F)F)cc(C(F)(F)F)c1. The third-order valence-corrected chi connectivity index (χ3v) is 5.12. The topological polar surface area (TPSA) is 42.4 Å². The highest BCUT2D eigenvalue weighted by Gasteiger charge is 2.37. The first-order valence-electron chi connectivity index (χ1n) is 9.79. The van der Waals surface area contributed by atoms with E-state index in [2.05, 4.69) is 4.98 Å². The fraction of sp³-hybridized carbons (Fsp3) is 0.217. The lowest BCUT2D eigenvalue weighted by molar-refractivity contribution is -0.143. The number of hydrogen-bond donors (Lipinski definition) is 0. The van der Waals surface area contributed by atoms with E-state index in [0.717, 1.165) is 4.90 Å². The maximum Gasteiger partial charge on any atom is 0.416 e. The van der Waals surface area contributed by atoms with Crippen LogP contribution in [0.15, 0.2) is 60.8 Å². The molecule has 1 aliphatic rings. The van der Waals surface area contributed by atoms with Gasteiger partial charge in [-0.25, -0.2) is 4.98 Å². The minimum Gasteiger partial charge on any atom is -0.475 e. The number of rotatable bonds is 3. The van der Waals surface area contributed by atoms with Gasteiger partial charge in [-0.15, -0.1) is 0 Å². The van der Waals surface area contributed by atoms with Crippen molar-refractivity contribution in [1.82, 2.24) is 9.88 Å². The van der Waals surface area contributed by atoms with Crippen LogP contribution in [-0.2, 0) is 18.9 Å². The van der Waals surface area contributed by atoms with Gasteiger partial charge in [-0.3, -0.25) is 4.79 Å². The Balaban J connectivity index is 1.74. The molecule has 10 heteroatoms. The number of halogens is 6. The zero-order chi connectivity index (χ0) is 23.8. The van der Waals surface area contributed by atoms with Gasteiger partial charge in [0.2, 0.25) is 5.88 Å². The number of alkyl halides is 6. The molecule has 0 bridgehead atoms. The summed E-state index contributed by atoms with van der Waals surface area (Å²) in [6, 6.07) is 11.8. The molecule has 0 fully saturated rings. The summed E-state index contributed by atoms with van der Waals surface area (Å²) >= 11 is 0. The highest BCUT2D eigenvalue weighted by molar-refractivity contribution is 6.03. The standard InChI is InChI=1S/C23H16F6N2O2/c24-22(25,26)16-10-14(11-17(12-16)23(27,28)29)13-31-8-9-33-20-19(21(31)32)18(6-7-30-20)15-4-2-1-3-5-15/h1-7,10-12H,8-9,13H2. The predicted octanol–water partition coefficient (Wildman–Crippen LogP) is 5.82. The molecule has 0 spiro atoms. The zero-order valence-corrected chi connectivity index (χ0v) is 16.9. The van der Waals surface area contributed by atoms with Crippen molar-refractivity contribution in [3.8, 4) is 17.0 Å². The van der Waals surface area contributed by atoms with Crippen LogP contribution in [0.5, 0.6) is 5.88 Å². The molecule has 0 saturated heterocycles. The Morgan fingerprint density at radius 3 is 2.15 bits per heavy atom. The van der Waals surface area contributed by atoms with Crippen LogP contribution in [0.25, 0.3) is 11.1 Å². The number of carbonyl (C=O) groups excluding carboxylic acids is 1. The van der Waals surface area contributed by atoms with Crippen LogP contribution >= 0.6 is 0 Å². The Morgan fingerprint density at radius 1 is 0.909 bits per heavy atom. The summed E-state index contributed by atoms with van der Waals surface area (Å²) in [4.78, 5) is 18.6. The van der Waals surface area contributed by atoms with Gasteiger partial charge < -0.3 is 9.64 Å². The monoisotopic (exact) mass is 466 g/mol. The first kappa shape index (κ1) is 22.6. The van der Waals surface area contributed by atoms with Crippen molar-refractivity contribution in [2.24, 2.45) is 0 Å². The summed E-state index contributed by atoms with van der Waals surface area (Å²) in [7, 11) is 0. The molecule has 1 amide bonds. The first-order chi connectivity index (χ1) is 15.5. The highest BCUT2D eigenvalue weighted by atomic mass is 19.4. The predicted molar refractivity (Wildman–Crippen MR) is 106 cm³/mol. The second-order valence-corrected chi connectivity index (χ2v) is 7.39. The number of amides is 1. The van der Waals surface area contributed by atoms with Crippen LogP contribution in [0, 0.1) is 0 Å². The molecule has 0 aliphatic carbocycles. The molecule has 4 nitrogen and oxygen atoms in total. The molecule has 4 rings (SSSR count). The lowest BCUT2D eigenvalue weighted by Gasteiger charge is -2.22. The molecule has 2 heterocycles. The number of fused-ring (bicyclic) bond motifs is 1. The summed E-state index contributed by atoms with van der Waals surface area (Å²) in [6.45, 7) is -0.520. The molecule has 172 valence electrons. The van der Waals surface area contributed by atoms with Crippen molar-refractivity contribution in [2.45, 2.75) is 18.9 Å². The van der Waals surface area contributed by atoms with Gasteiger partial charge in [-0.2, -0.15) is 26.3 Å². The molecule has 0 atom stereocenters. The zero-order valence-electron chi connectivity index (χ0n) is 16.9. The van der Waals surface area contributed by atoms with E-state index < -0.39 is 35.9 Å². The summed E-state index contributed by atoms with van der Waals surface area (Å²) in [6.07, 6.45) is -8.48. The van der Waals surface area contributed by atoms with E-state index in [1.165, 1.54) is 6.20 Å². The average Bonchev–Trinajstić information content (AvgIpc) is 2.92. The van der Waals surface area contributed by atoms with Gasteiger partial charge in [0.1, 0.15) is 12.2 Å². The minimum absolute atomic E-state index is 0.0188.